The first-order chi connectivity index (χ1) is 10.4. The van der Waals surface area contributed by atoms with Crippen molar-refractivity contribution in [3.63, 3.8) is 0 Å². The minimum absolute atomic E-state index is 0.758. The van der Waals surface area contributed by atoms with Gasteiger partial charge in [-0.15, -0.1) is 0 Å². The summed E-state index contributed by atoms with van der Waals surface area (Å²) in [5.74, 6) is 1.86. The van der Waals surface area contributed by atoms with Gasteiger partial charge >= 0.3 is 0 Å². The average molecular weight is 287 g/mol. The Balaban J connectivity index is 1.57. The summed E-state index contributed by atoms with van der Waals surface area (Å²) >= 11 is 0. The van der Waals surface area contributed by atoms with Crippen molar-refractivity contribution in [1.29, 1.82) is 0 Å². The van der Waals surface area contributed by atoms with Gasteiger partial charge in [-0.25, -0.2) is 0 Å². The maximum atomic E-state index is 5.55. The van der Waals surface area contributed by atoms with Crippen molar-refractivity contribution in [1.82, 2.24) is 4.90 Å². The average Bonchev–Trinajstić information content (AvgIpc) is 2.55. The topological polar surface area (TPSA) is 12.5 Å². The Hall–Kier alpha value is -1.02. The van der Waals surface area contributed by atoms with E-state index in [1.54, 1.807) is 12.7 Å². The Labute approximate surface area is 129 Å². The number of likely N-dealkylation sites (tertiary alicyclic amines) is 1. The second-order valence-electron chi connectivity index (χ2n) is 6.66. The third kappa shape index (κ3) is 3.60. The van der Waals surface area contributed by atoms with Gasteiger partial charge in [-0.05, 0) is 87.7 Å². The van der Waals surface area contributed by atoms with Crippen LogP contribution in [-0.2, 0) is 6.42 Å². The smallest absolute Gasteiger partial charge is 0.122 e. The lowest BCUT2D eigenvalue weighted by Crippen LogP contribution is -2.30. The third-order valence-electron chi connectivity index (χ3n) is 5.28. The number of ether oxygens (including phenoxy) is 1. The SMILES string of the molecule is COc1cccc2c1CCC[C@H]2CCCN1CCCCC1. The molecular formula is C19H29NO. The van der Waals surface area contributed by atoms with Crippen LogP contribution in [-0.4, -0.2) is 31.6 Å². The second kappa shape index (κ2) is 7.31. The normalized spacial score (nSPS) is 22.8. The van der Waals surface area contributed by atoms with Crippen LogP contribution in [0.25, 0.3) is 0 Å². The van der Waals surface area contributed by atoms with Gasteiger partial charge in [-0.3, -0.25) is 0 Å². The number of piperidine rings is 1. The zero-order valence-electron chi connectivity index (χ0n) is 13.4. The molecule has 1 heterocycles. The van der Waals surface area contributed by atoms with Crippen molar-refractivity contribution in [2.24, 2.45) is 0 Å². The Morgan fingerprint density at radius 2 is 2.00 bits per heavy atom. The molecule has 2 nitrogen and oxygen atoms in total. The summed E-state index contributed by atoms with van der Waals surface area (Å²) in [6.07, 6.45) is 10.8. The van der Waals surface area contributed by atoms with Gasteiger partial charge in [0.15, 0.2) is 0 Å². The molecule has 0 amide bonds. The van der Waals surface area contributed by atoms with Gasteiger partial charge in [0.1, 0.15) is 5.75 Å². The van der Waals surface area contributed by atoms with Crippen molar-refractivity contribution in [2.75, 3.05) is 26.7 Å². The van der Waals surface area contributed by atoms with Gasteiger partial charge < -0.3 is 9.64 Å². The Morgan fingerprint density at radius 3 is 2.81 bits per heavy atom. The molecule has 1 aromatic rings. The molecule has 3 rings (SSSR count). The van der Waals surface area contributed by atoms with Crippen molar-refractivity contribution in [3.05, 3.63) is 29.3 Å². The molecule has 1 fully saturated rings. The molecule has 1 aliphatic heterocycles. The third-order valence-corrected chi connectivity index (χ3v) is 5.28. The summed E-state index contributed by atoms with van der Waals surface area (Å²) in [4.78, 5) is 2.67. The molecule has 21 heavy (non-hydrogen) atoms. The van der Waals surface area contributed by atoms with Crippen LogP contribution in [0.4, 0.5) is 0 Å². The number of hydrogen-bond donors (Lipinski definition) is 0. The van der Waals surface area contributed by atoms with E-state index in [4.69, 9.17) is 4.74 Å². The van der Waals surface area contributed by atoms with Gasteiger partial charge in [0.2, 0.25) is 0 Å². The molecule has 0 spiro atoms. The van der Waals surface area contributed by atoms with Gasteiger partial charge in [-0.1, -0.05) is 18.6 Å². The van der Waals surface area contributed by atoms with Crippen molar-refractivity contribution in [2.45, 2.75) is 57.3 Å². The van der Waals surface area contributed by atoms with Crippen molar-refractivity contribution >= 4 is 0 Å². The number of fused-ring (bicyclic) bond motifs is 1. The van der Waals surface area contributed by atoms with Crippen LogP contribution in [0.3, 0.4) is 0 Å². The van der Waals surface area contributed by atoms with Crippen LogP contribution in [0.2, 0.25) is 0 Å². The maximum absolute atomic E-state index is 5.55. The molecule has 2 aliphatic rings. The van der Waals surface area contributed by atoms with Gasteiger partial charge in [0.25, 0.3) is 0 Å². The van der Waals surface area contributed by atoms with Crippen LogP contribution < -0.4 is 4.74 Å². The van der Waals surface area contributed by atoms with Crippen LogP contribution in [0.1, 0.15) is 62.0 Å². The monoisotopic (exact) mass is 287 g/mol. The van der Waals surface area contributed by atoms with E-state index in [2.05, 4.69) is 23.1 Å². The summed E-state index contributed by atoms with van der Waals surface area (Å²) < 4.78 is 5.55. The first kappa shape index (κ1) is 14.9. The molecule has 1 aromatic carbocycles. The van der Waals surface area contributed by atoms with E-state index >= 15 is 0 Å². The van der Waals surface area contributed by atoms with E-state index in [-0.39, 0.29) is 0 Å². The summed E-state index contributed by atoms with van der Waals surface area (Å²) in [5.41, 5.74) is 3.05. The summed E-state index contributed by atoms with van der Waals surface area (Å²) in [5, 5.41) is 0. The molecule has 0 aromatic heterocycles. The van der Waals surface area contributed by atoms with E-state index in [0.717, 1.165) is 11.7 Å². The fourth-order valence-electron chi connectivity index (χ4n) is 4.15. The highest BCUT2D eigenvalue weighted by molar-refractivity contribution is 5.43. The molecule has 2 heteroatoms. The fourth-order valence-corrected chi connectivity index (χ4v) is 4.15. The van der Waals surface area contributed by atoms with Crippen LogP contribution in [0.15, 0.2) is 18.2 Å². The van der Waals surface area contributed by atoms with Crippen LogP contribution in [0, 0.1) is 0 Å². The number of hydrogen-bond acceptors (Lipinski definition) is 2. The molecule has 0 saturated carbocycles. The van der Waals surface area contributed by atoms with Crippen LogP contribution in [0.5, 0.6) is 5.75 Å². The predicted molar refractivity (Wildman–Crippen MR) is 88.2 cm³/mol. The molecule has 0 bridgehead atoms. The molecule has 1 aliphatic carbocycles. The van der Waals surface area contributed by atoms with E-state index in [1.165, 1.54) is 76.6 Å². The highest BCUT2D eigenvalue weighted by Crippen LogP contribution is 2.38. The molecule has 1 atom stereocenters. The first-order valence-corrected chi connectivity index (χ1v) is 8.76. The van der Waals surface area contributed by atoms with Gasteiger partial charge in [0.05, 0.1) is 7.11 Å². The molecule has 0 unspecified atom stereocenters. The lowest BCUT2D eigenvalue weighted by molar-refractivity contribution is 0.222. The maximum Gasteiger partial charge on any atom is 0.122 e. The highest BCUT2D eigenvalue weighted by atomic mass is 16.5. The predicted octanol–water partition coefficient (Wildman–Crippen LogP) is 4.38. The second-order valence-corrected chi connectivity index (χ2v) is 6.66. The lowest BCUT2D eigenvalue weighted by atomic mass is 9.80. The number of benzene rings is 1. The quantitative estimate of drug-likeness (QED) is 0.797. The fraction of sp³-hybridized carbons (Fsp3) is 0.684. The minimum atomic E-state index is 0.758. The Morgan fingerprint density at radius 1 is 1.14 bits per heavy atom. The van der Waals surface area contributed by atoms with Crippen LogP contribution >= 0.6 is 0 Å². The summed E-state index contributed by atoms with van der Waals surface area (Å²) in [6.45, 7) is 3.96. The molecule has 0 N–H and O–H groups in total. The van der Waals surface area contributed by atoms with Gasteiger partial charge in [-0.2, -0.15) is 0 Å². The molecule has 0 radical (unpaired) electrons. The van der Waals surface area contributed by atoms with E-state index in [9.17, 15) is 0 Å². The summed E-state index contributed by atoms with van der Waals surface area (Å²) in [6, 6.07) is 6.62. The number of nitrogens with zero attached hydrogens (tertiary/aromatic N) is 1. The largest absolute Gasteiger partial charge is 0.496 e. The molecule has 1 saturated heterocycles. The van der Waals surface area contributed by atoms with E-state index in [1.807, 2.05) is 0 Å². The molecular weight excluding hydrogens is 258 g/mol. The zero-order valence-corrected chi connectivity index (χ0v) is 13.4. The minimum Gasteiger partial charge on any atom is -0.496 e. The van der Waals surface area contributed by atoms with E-state index in [0.29, 0.717) is 0 Å². The Bertz CT molecular complexity index is 451. The Kier molecular flexibility index (Phi) is 5.18. The first-order valence-electron chi connectivity index (χ1n) is 8.76. The van der Waals surface area contributed by atoms with Crippen molar-refractivity contribution < 1.29 is 4.74 Å². The summed E-state index contributed by atoms with van der Waals surface area (Å²) in [7, 11) is 1.80. The number of methoxy groups -OCH3 is 1. The van der Waals surface area contributed by atoms with Gasteiger partial charge in [0, 0.05) is 0 Å². The van der Waals surface area contributed by atoms with Crippen molar-refractivity contribution in [3.8, 4) is 5.75 Å². The standard InChI is InChI=1S/C19H29NO/c1-21-19-12-6-10-17-16(8-5-11-18(17)19)9-7-15-20-13-3-2-4-14-20/h6,10,12,16H,2-5,7-9,11,13-15H2,1H3/t16-/m0/s1. The number of rotatable bonds is 5. The van der Waals surface area contributed by atoms with E-state index < -0.39 is 0 Å². The molecule has 116 valence electrons. The highest BCUT2D eigenvalue weighted by Gasteiger charge is 2.22. The zero-order chi connectivity index (χ0) is 14.5. The lowest BCUT2D eigenvalue weighted by Gasteiger charge is -2.29.